The summed E-state index contributed by atoms with van der Waals surface area (Å²) in [5, 5.41) is 0.534. The highest BCUT2D eigenvalue weighted by atomic mass is 32.2. The van der Waals surface area contributed by atoms with E-state index in [1.54, 1.807) is 0 Å². The summed E-state index contributed by atoms with van der Waals surface area (Å²) in [7, 11) is 0. The smallest absolute Gasteiger partial charge is 0.254 e. The van der Waals surface area contributed by atoms with Crippen LogP contribution in [0.3, 0.4) is 0 Å². The molecule has 0 N–H and O–H groups in total. The van der Waals surface area contributed by atoms with Gasteiger partial charge in [-0.2, -0.15) is 11.8 Å². The van der Waals surface area contributed by atoms with Gasteiger partial charge in [-0.1, -0.05) is 13.0 Å². The summed E-state index contributed by atoms with van der Waals surface area (Å²) >= 11 is 6.24. The monoisotopic (exact) mass is 267 g/mol. The normalized spacial score (nSPS) is 20.4. The molecule has 1 atom stereocenters. The van der Waals surface area contributed by atoms with Crippen molar-refractivity contribution < 1.29 is 4.79 Å². The number of nitrogens with zero attached hydrogens (tertiary/aromatic N) is 1. The van der Waals surface area contributed by atoms with Gasteiger partial charge in [-0.05, 0) is 24.6 Å². The van der Waals surface area contributed by atoms with Crippen LogP contribution in [0.15, 0.2) is 23.1 Å². The lowest BCUT2D eigenvalue weighted by Gasteiger charge is -2.31. The summed E-state index contributed by atoms with van der Waals surface area (Å²) in [4.78, 5) is 15.2. The molecule has 2 rings (SSSR count). The van der Waals surface area contributed by atoms with Crippen LogP contribution in [0.5, 0.6) is 0 Å². The van der Waals surface area contributed by atoms with Crippen molar-refractivity contribution in [2.45, 2.75) is 24.0 Å². The van der Waals surface area contributed by atoms with E-state index >= 15 is 0 Å². The molecule has 1 aliphatic rings. The summed E-state index contributed by atoms with van der Waals surface area (Å²) in [5.74, 6) is 1.18. The highest BCUT2D eigenvalue weighted by Gasteiger charge is 2.23. The molecule has 0 aliphatic carbocycles. The van der Waals surface area contributed by atoms with Crippen LogP contribution >= 0.6 is 24.4 Å². The van der Waals surface area contributed by atoms with Gasteiger partial charge in [0.1, 0.15) is 0 Å². The Bertz CT molecular complexity index is 433. The number of amides is 1. The van der Waals surface area contributed by atoms with Crippen LogP contribution in [0, 0.1) is 6.92 Å². The highest BCUT2D eigenvalue weighted by Crippen LogP contribution is 2.21. The topological polar surface area (TPSA) is 20.3 Å². The Kier molecular flexibility index (Phi) is 4.05. The Balaban J connectivity index is 2.21. The number of hydrogen-bond donors (Lipinski definition) is 1. The van der Waals surface area contributed by atoms with Crippen molar-refractivity contribution in [2.75, 3.05) is 18.8 Å². The minimum absolute atomic E-state index is 0.144. The second-order valence-corrected chi connectivity index (χ2v) is 6.49. The molecule has 1 aromatic rings. The first kappa shape index (κ1) is 12.8. The van der Waals surface area contributed by atoms with Gasteiger partial charge in [0.05, 0.1) is 0 Å². The lowest BCUT2D eigenvalue weighted by molar-refractivity contribution is 0.0762. The molecule has 1 aromatic carbocycles. The van der Waals surface area contributed by atoms with Gasteiger partial charge < -0.3 is 4.90 Å². The van der Waals surface area contributed by atoms with Crippen molar-refractivity contribution in [1.29, 1.82) is 0 Å². The summed E-state index contributed by atoms with van der Waals surface area (Å²) in [6, 6.07) is 5.74. The van der Waals surface area contributed by atoms with Gasteiger partial charge in [0, 0.05) is 34.6 Å². The Labute approximate surface area is 112 Å². The lowest BCUT2D eigenvalue weighted by Crippen LogP contribution is -2.41. The van der Waals surface area contributed by atoms with Crippen molar-refractivity contribution in [3.63, 3.8) is 0 Å². The van der Waals surface area contributed by atoms with E-state index in [-0.39, 0.29) is 5.91 Å². The Morgan fingerprint density at radius 3 is 3.00 bits per heavy atom. The summed E-state index contributed by atoms with van der Waals surface area (Å²) in [6.45, 7) is 5.85. The van der Waals surface area contributed by atoms with Crippen molar-refractivity contribution in [2.24, 2.45) is 0 Å². The summed E-state index contributed by atoms with van der Waals surface area (Å²) in [6.07, 6.45) is 0. The number of carbonyl (C=O) groups excluding carboxylic acids is 1. The first-order valence-corrected chi connectivity index (χ1v) is 7.28. The van der Waals surface area contributed by atoms with Gasteiger partial charge in [-0.15, -0.1) is 12.6 Å². The minimum Gasteiger partial charge on any atom is -0.337 e. The maximum Gasteiger partial charge on any atom is 0.254 e. The number of carbonyl (C=O) groups is 1. The molecule has 1 saturated heterocycles. The van der Waals surface area contributed by atoms with Crippen LogP contribution < -0.4 is 0 Å². The number of hydrogen-bond acceptors (Lipinski definition) is 3. The fourth-order valence-corrected chi connectivity index (χ4v) is 3.23. The van der Waals surface area contributed by atoms with E-state index in [9.17, 15) is 4.79 Å². The molecule has 0 spiro atoms. The Hall–Kier alpha value is -0.610. The van der Waals surface area contributed by atoms with Crippen molar-refractivity contribution >= 4 is 30.3 Å². The fraction of sp³-hybridized carbons (Fsp3) is 0.462. The molecule has 1 aliphatic heterocycles. The predicted molar refractivity (Wildman–Crippen MR) is 76.3 cm³/mol. The maximum absolute atomic E-state index is 12.4. The number of thiol groups is 1. The summed E-state index contributed by atoms with van der Waals surface area (Å²) in [5.41, 5.74) is 1.82. The van der Waals surface area contributed by atoms with Crippen LogP contribution in [0.25, 0.3) is 0 Å². The molecule has 1 unspecified atom stereocenters. The van der Waals surface area contributed by atoms with Gasteiger partial charge in [-0.3, -0.25) is 4.79 Å². The SMILES string of the molecule is Cc1ccc(S)cc1C(=O)N1CCSC(C)C1. The van der Waals surface area contributed by atoms with Crippen molar-refractivity contribution in [3.05, 3.63) is 29.3 Å². The Morgan fingerprint density at radius 2 is 2.29 bits per heavy atom. The zero-order valence-electron chi connectivity index (χ0n) is 10.1. The first-order valence-electron chi connectivity index (χ1n) is 5.78. The maximum atomic E-state index is 12.4. The number of thioether (sulfide) groups is 1. The van der Waals surface area contributed by atoms with E-state index in [1.165, 1.54) is 0 Å². The van der Waals surface area contributed by atoms with Crippen LogP contribution in [0.4, 0.5) is 0 Å². The molecular weight excluding hydrogens is 250 g/mol. The van der Waals surface area contributed by atoms with Gasteiger partial charge in [0.15, 0.2) is 0 Å². The van der Waals surface area contributed by atoms with E-state index in [0.29, 0.717) is 5.25 Å². The zero-order chi connectivity index (χ0) is 12.4. The molecule has 17 heavy (non-hydrogen) atoms. The van der Waals surface area contributed by atoms with Crippen LogP contribution in [-0.4, -0.2) is 34.9 Å². The molecule has 0 aromatic heterocycles. The number of benzene rings is 1. The standard InChI is InChI=1S/C13H17NOS2/c1-9-3-4-11(16)7-12(9)13(15)14-5-6-17-10(2)8-14/h3-4,7,10,16H,5-6,8H2,1-2H3. The molecule has 0 bridgehead atoms. The third-order valence-electron chi connectivity index (χ3n) is 2.98. The molecule has 0 saturated carbocycles. The van der Waals surface area contributed by atoms with Gasteiger partial charge in [-0.25, -0.2) is 0 Å². The van der Waals surface area contributed by atoms with Crippen LogP contribution in [0.2, 0.25) is 0 Å². The highest BCUT2D eigenvalue weighted by molar-refractivity contribution is 7.99. The third kappa shape index (κ3) is 2.99. The zero-order valence-corrected chi connectivity index (χ0v) is 11.9. The van der Waals surface area contributed by atoms with E-state index in [0.717, 1.165) is 34.9 Å². The fourth-order valence-electron chi connectivity index (χ4n) is 2.01. The molecular formula is C13H17NOS2. The van der Waals surface area contributed by atoms with Gasteiger partial charge in [0.2, 0.25) is 0 Å². The van der Waals surface area contributed by atoms with E-state index < -0.39 is 0 Å². The van der Waals surface area contributed by atoms with Crippen LogP contribution in [-0.2, 0) is 0 Å². The largest absolute Gasteiger partial charge is 0.337 e. The van der Waals surface area contributed by atoms with Crippen LogP contribution in [0.1, 0.15) is 22.8 Å². The summed E-state index contributed by atoms with van der Waals surface area (Å²) < 4.78 is 0. The van der Waals surface area contributed by atoms with E-state index in [2.05, 4.69) is 19.6 Å². The average Bonchev–Trinajstić information content (AvgIpc) is 2.31. The number of aryl methyl sites for hydroxylation is 1. The predicted octanol–water partition coefficient (Wildman–Crippen LogP) is 2.86. The number of rotatable bonds is 1. The molecule has 4 heteroatoms. The molecule has 1 amide bonds. The van der Waals surface area contributed by atoms with E-state index in [4.69, 9.17) is 0 Å². The molecule has 92 valence electrons. The molecule has 0 radical (unpaired) electrons. The molecule has 1 heterocycles. The van der Waals surface area contributed by atoms with Gasteiger partial charge >= 0.3 is 0 Å². The average molecular weight is 267 g/mol. The second kappa shape index (κ2) is 5.36. The Morgan fingerprint density at radius 1 is 1.53 bits per heavy atom. The quantitative estimate of drug-likeness (QED) is 0.790. The van der Waals surface area contributed by atoms with Crippen molar-refractivity contribution in [1.82, 2.24) is 4.90 Å². The minimum atomic E-state index is 0.144. The van der Waals surface area contributed by atoms with Gasteiger partial charge in [0.25, 0.3) is 5.91 Å². The second-order valence-electron chi connectivity index (χ2n) is 4.43. The molecule has 2 nitrogen and oxygen atoms in total. The third-order valence-corrected chi connectivity index (χ3v) is 4.39. The van der Waals surface area contributed by atoms with Crippen molar-refractivity contribution in [3.8, 4) is 0 Å². The van der Waals surface area contributed by atoms with E-state index in [1.807, 2.05) is 41.8 Å². The first-order chi connectivity index (χ1) is 8.08. The molecule has 1 fully saturated rings. The lowest BCUT2D eigenvalue weighted by atomic mass is 10.1.